The smallest absolute Gasteiger partial charge is 0.411 e. The summed E-state index contributed by atoms with van der Waals surface area (Å²) in [6.45, 7) is 2.16. The fraction of sp³-hybridized carbons (Fsp3) is 0.222. The third kappa shape index (κ3) is 2.72. The Morgan fingerprint density at radius 3 is 2.91 bits per heavy atom. The molecule has 1 unspecified atom stereocenters. The fourth-order valence-electron chi connectivity index (χ4n) is 2.75. The van der Waals surface area contributed by atoms with Gasteiger partial charge in [0.15, 0.2) is 0 Å². The summed E-state index contributed by atoms with van der Waals surface area (Å²) >= 11 is 0. The Morgan fingerprint density at radius 2 is 2.18 bits per heavy atom. The molecule has 1 aliphatic heterocycles. The first-order chi connectivity index (χ1) is 10.7. The van der Waals surface area contributed by atoms with Crippen LogP contribution in [0.4, 0.5) is 10.5 Å². The van der Waals surface area contributed by atoms with Gasteiger partial charge >= 0.3 is 6.09 Å². The molecule has 2 aromatic carbocycles. The van der Waals surface area contributed by atoms with Crippen molar-refractivity contribution >= 4 is 28.8 Å². The minimum Gasteiger partial charge on any atom is -0.453 e. The summed E-state index contributed by atoms with van der Waals surface area (Å²) in [6, 6.07) is 12.1. The molecule has 0 fully saturated rings. The van der Waals surface area contributed by atoms with Crippen LogP contribution in [0.25, 0.3) is 10.8 Å². The number of nitrogens with zero attached hydrogens (tertiary/aromatic N) is 1. The lowest BCUT2D eigenvalue weighted by molar-refractivity contribution is 0.187. The minimum absolute atomic E-state index is 0.218. The number of benzene rings is 2. The summed E-state index contributed by atoms with van der Waals surface area (Å²) in [5, 5.41) is 4.97. The first-order valence-corrected chi connectivity index (χ1v) is 7.29. The Labute approximate surface area is 129 Å². The molecule has 3 rings (SSSR count). The zero-order valence-electron chi connectivity index (χ0n) is 12.7. The van der Waals surface area contributed by atoms with E-state index in [-0.39, 0.29) is 5.92 Å². The maximum absolute atomic E-state index is 11.4. The highest BCUT2D eigenvalue weighted by molar-refractivity contribution is 5.93. The average Bonchev–Trinajstić information content (AvgIpc) is 3.08. The van der Waals surface area contributed by atoms with E-state index in [0.717, 1.165) is 28.6 Å². The Bertz CT molecular complexity index is 778. The first-order valence-electron chi connectivity index (χ1n) is 7.29. The quantitative estimate of drug-likeness (QED) is 0.907. The molecule has 1 N–H and O–H groups in total. The van der Waals surface area contributed by atoms with E-state index in [1.54, 1.807) is 0 Å². The Balaban J connectivity index is 2.04. The zero-order chi connectivity index (χ0) is 15.5. The molecule has 1 amide bonds. The molecule has 0 saturated carbocycles. The Morgan fingerprint density at radius 1 is 1.32 bits per heavy atom. The second-order valence-corrected chi connectivity index (χ2v) is 5.30. The van der Waals surface area contributed by atoms with Crippen LogP contribution in [0.5, 0.6) is 0 Å². The van der Waals surface area contributed by atoms with Crippen molar-refractivity contribution < 1.29 is 9.53 Å². The number of nitrogens with one attached hydrogen (secondary N) is 1. The van der Waals surface area contributed by atoms with Gasteiger partial charge < -0.3 is 4.74 Å². The van der Waals surface area contributed by atoms with Gasteiger partial charge in [0.2, 0.25) is 0 Å². The van der Waals surface area contributed by atoms with E-state index in [2.05, 4.69) is 46.2 Å². The number of anilines is 1. The number of carbonyl (C=O) groups is 1. The average molecular weight is 294 g/mol. The summed E-state index contributed by atoms with van der Waals surface area (Å²) in [6.07, 6.45) is 4.52. The second kappa shape index (κ2) is 6.02. The predicted molar refractivity (Wildman–Crippen MR) is 89.6 cm³/mol. The topological polar surface area (TPSA) is 50.7 Å². The van der Waals surface area contributed by atoms with E-state index in [9.17, 15) is 4.79 Å². The van der Waals surface area contributed by atoms with Crippen molar-refractivity contribution in [2.24, 2.45) is 4.99 Å². The van der Waals surface area contributed by atoms with Gasteiger partial charge in [0.1, 0.15) is 0 Å². The van der Waals surface area contributed by atoms with Gasteiger partial charge in [-0.05, 0) is 28.5 Å². The van der Waals surface area contributed by atoms with Crippen LogP contribution in [0.2, 0.25) is 0 Å². The SMILES string of the molecule is COC(=O)Nc1ccc2cccc(C(C)C3=CCC=N3)c2c1. The molecule has 4 nitrogen and oxygen atoms in total. The first kappa shape index (κ1) is 14.3. The Kier molecular flexibility index (Phi) is 3.92. The molecule has 1 atom stereocenters. The molecule has 0 bridgehead atoms. The zero-order valence-corrected chi connectivity index (χ0v) is 12.7. The summed E-state index contributed by atoms with van der Waals surface area (Å²) in [5.74, 6) is 0.218. The summed E-state index contributed by atoms with van der Waals surface area (Å²) in [4.78, 5) is 15.8. The number of fused-ring (bicyclic) bond motifs is 1. The van der Waals surface area contributed by atoms with Gasteiger partial charge in [-0.2, -0.15) is 0 Å². The number of amides is 1. The normalized spacial score (nSPS) is 14.7. The number of hydrogen-bond donors (Lipinski definition) is 1. The molecule has 4 heteroatoms. The number of rotatable bonds is 3. The number of carbonyl (C=O) groups excluding carboxylic acids is 1. The molecule has 0 aromatic heterocycles. The lowest BCUT2D eigenvalue weighted by atomic mass is 9.92. The second-order valence-electron chi connectivity index (χ2n) is 5.30. The van der Waals surface area contributed by atoms with Crippen LogP contribution in [-0.2, 0) is 4.74 Å². The number of ether oxygens (including phenoxy) is 1. The van der Waals surface area contributed by atoms with Crippen molar-refractivity contribution in [3.63, 3.8) is 0 Å². The van der Waals surface area contributed by atoms with Crippen LogP contribution in [0.3, 0.4) is 0 Å². The van der Waals surface area contributed by atoms with E-state index >= 15 is 0 Å². The third-order valence-electron chi connectivity index (χ3n) is 3.93. The minimum atomic E-state index is -0.465. The third-order valence-corrected chi connectivity index (χ3v) is 3.93. The van der Waals surface area contributed by atoms with Gasteiger partial charge in [-0.15, -0.1) is 0 Å². The van der Waals surface area contributed by atoms with Gasteiger partial charge in [0.05, 0.1) is 7.11 Å². The van der Waals surface area contributed by atoms with Gasteiger partial charge in [0.25, 0.3) is 0 Å². The van der Waals surface area contributed by atoms with Crippen molar-refractivity contribution in [3.8, 4) is 0 Å². The van der Waals surface area contributed by atoms with E-state index < -0.39 is 6.09 Å². The molecular weight excluding hydrogens is 276 g/mol. The standard InChI is InChI=1S/C18H18N2O2/c1-12(17-7-4-10-19-17)15-6-3-5-13-8-9-14(11-16(13)15)20-18(21)22-2/h3,5-12H,4H2,1-2H3,(H,20,21). The van der Waals surface area contributed by atoms with Crippen molar-refractivity contribution in [2.45, 2.75) is 19.3 Å². The largest absolute Gasteiger partial charge is 0.453 e. The van der Waals surface area contributed by atoms with E-state index in [0.29, 0.717) is 0 Å². The molecule has 22 heavy (non-hydrogen) atoms. The molecule has 0 radical (unpaired) electrons. The van der Waals surface area contributed by atoms with E-state index in [1.807, 2.05) is 24.4 Å². The highest BCUT2D eigenvalue weighted by atomic mass is 16.5. The van der Waals surface area contributed by atoms with Crippen molar-refractivity contribution in [2.75, 3.05) is 12.4 Å². The van der Waals surface area contributed by atoms with Gasteiger partial charge in [0, 0.05) is 29.9 Å². The summed E-state index contributed by atoms with van der Waals surface area (Å²) < 4.78 is 4.65. The molecule has 112 valence electrons. The Hall–Kier alpha value is -2.62. The van der Waals surface area contributed by atoms with Crippen molar-refractivity contribution in [3.05, 3.63) is 53.7 Å². The fourth-order valence-corrected chi connectivity index (χ4v) is 2.75. The molecule has 2 aromatic rings. The monoisotopic (exact) mass is 294 g/mol. The van der Waals surface area contributed by atoms with Crippen LogP contribution in [0.1, 0.15) is 24.8 Å². The lowest BCUT2D eigenvalue weighted by Crippen LogP contribution is -2.10. The maximum atomic E-state index is 11.4. The lowest BCUT2D eigenvalue weighted by Gasteiger charge is -2.15. The molecule has 0 saturated heterocycles. The maximum Gasteiger partial charge on any atom is 0.411 e. The number of methoxy groups -OCH3 is 1. The highest BCUT2D eigenvalue weighted by Gasteiger charge is 2.15. The molecular formula is C18H18N2O2. The van der Waals surface area contributed by atoms with Crippen molar-refractivity contribution in [1.82, 2.24) is 0 Å². The molecule has 0 spiro atoms. The van der Waals surface area contributed by atoms with Gasteiger partial charge in [-0.3, -0.25) is 10.3 Å². The molecule has 1 aliphatic rings. The van der Waals surface area contributed by atoms with Crippen LogP contribution in [0, 0.1) is 0 Å². The van der Waals surface area contributed by atoms with E-state index in [1.165, 1.54) is 12.7 Å². The van der Waals surface area contributed by atoms with Gasteiger partial charge in [-0.25, -0.2) is 4.79 Å². The van der Waals surface area contributed by atoms with Crippen LogP contribution < -0.4 is 5.32 Å². The molecule has 0 aliphatic carbocycles. The number of hydrogen-bond acceptors (Lipinski definition) is 3. The number of allylic oxidation sites excluding steroid dienone is 2. The summed E-state index contributed by atoms with van der Waals surface area (Å²) in [7, 11) is 1.36. The summed E-state index contributed by atoms with van der Waals surface area (Å²) in [5.41, 5.74) is 3.03. The van der Waals surface area contributed by atoms with Crippen LogP contribution >= 0.6 is 0 Å². The predicted octanol–water partition coefficient (Wildman–Crippen LogP) is 4.48. The van der Waals surface area contributed by atoms with Crippen LogP contribution in [-0.4, -0.2) is 19.4 Å². The van der Waals surface area contributed by atoms with Crippen LogP contribution in [0.15, 0.2) is 53.2 Å². The van der Waals surface area contributed by atoms with Gasteiger partial charge in [-0.1, -0.05) is 37.3 Å². The molecule has 1 heterocycles. The van der Waals surface area contributed by atoms with E-state index in [4.69, 9.17) is 0 Å². The highest BCUT2D eigenvalue weighted by Crippen LogP contribution is 2.33. The number of aliphatic imine (C=N–C) groups is 1. The van der Waals surface area contributed by atoms with Crippen molar-refractivity contribution in [1.29, 1.82) is 0 Å².